The Labute approximate surface area is 103 Å². The Morgan fingerprint density at radius 1 is 1.50 bits per heavy atom. The SMILES string of the molecule is CC1CN(c2cc(Br)ccc2F)CCC1=O. The fourth-order valence-electron chi connectivity index (χ4n) is 1.96. The van der Waals surface area contributed by atoms with Crippen molar-refractivity contribution in [3.63, 3.8) is 0 Å². The molecular weight excluding hydrogens is 273 g/mol. The number of halogens is 2. The minimum atomic E-state index is -0.232. The van der Waals surface area contributed by atoms with E-state index >= 15 is 0 Å². The second-order valence-corrected chi connectivity index (χ2v) is 5.07. The Kier molecular flexibility index (Phi) is 3.28. The first-order chi connectivity index (χ1) is 7.58. The van der Waals surface area contributed by atoms with E-state index in [0.29, 0.717) is 25.2 Å². The Balaban J connectivity index is 2.24. The van der Waals surface area contributed by atoms with Gasteiger partial charge in [0.25, 0.3) is 0 Å². The molecule has 0 amide bonds. The van der Waals surface area contributed by atoms with Crippen LogP contribution in [-0.4, -0.2) is 18.9 Å². The molecular formula is C12H13BrFNO. The average molecular weight is 286 g/mol. The number of rotatable bonds is 1. The number of Topliss-reactive ketones (excluding diaryl/α,β-unsaturated/α-hetero) is 1. The van der Waals surface area contributed by atoms with Gasteiger partial charge in [0, 0.05) is 29.9 Å². The zero-order chi connectivity index (χ0) is 11.7. The molecule has 1 unspecified atom stereocenters. The molecule has 0 bridgehead atoms. The smallest absolute Gasteiger partial charge is 0.146 e. The summed E-state index contributed by atoms with van der Waals surface area (Å²) in [4.78, 5) is 13.3. The van der Waals surface area contributed by atoms with Gasteiger partial charge in [-0.1, -0.05) is 22.9 Å². The van der Waals surface area contributed by atoms with Gasteiger partial charge in [-0.25, -0.2) is 4.39 Å². The Bertz CT molecular complexity index is 421. The van der Waals surface area contributed by atoms with Gasteiger partial charge in [0.1, 0.15) is 11.6 Å². The first-order valence-corrected chi connectivity index (χ1v) is 6.10. The van der Waals surface area contributed by atoms with Gasteiger partial charge in [0.15, 0.2) is 0 Å². The first-order valence-electron chi connectivity index (χ1n) is 5.30. The van der Waals surface area contributed by atoms with E-state index in [1.165, 1.54) is 6.07 Å². The second-order valence-electron chi connectivity index (χ2n) is 4.16. The van der Waals surface area contributed by atoms with Crippen LogP contribution in [0.25, 0.3) is 0 Å². The molecule has 1 fully saturated rings. The third-order valence-corrected chi connectivity index (χ3v) is 3.41. The van der Waals surface area contributed by atoms with Crippen LogP contribution in [0, 0.1) is 11.7 Å². The molecule has 1 aliphatic heterocycles. The van der Waals surface area contributed by atoms with Gasteiger partial charge >= 0.3 is 0 Å². The molecule has 0 radical (unpaired) electrons. The maximum absolute atomic E-state index is 13.6. The summed E-state index contributed by atoms with van der Waals surface area (Å²) in [6, 6.07) is 4.88. The normalized spacial score (nSPS) is 21.3. The van der Waals surface area contributed by atoms with Crippen molar-refractivity contribution in [1.82, 2.24) is 0 Å². The van der Waals surface area contributed by atoms with Crippen LogP contribution in [-0.2, 0) is 4.79 Å². The minimum Gasteiger partial charge on any atom is -0.368 e. The van der Waals surface area contributed by atoms with Gasteiger partial charge in [0.05, 0.1) is 5.69 Å². The number of anilines is 1. The van der Waals surface area contributed by atoms with E-state index in [-0.39, 0.29) is 17.5 Å². The minimum absolute atomic E-state index is 0.00729. The number of hydrogen-bond donors (Lipinski definition) is 0. The molecule has 0 N–H and O–H groups in total. The fraction of sp³-hybridized carbons (Fsp3) is 0.417. The summed E-state index contributed by atoms with van der Waals surface area (Å²) in [5, 5.41) is 0. The molecule has 0 aliphatic carbocycles. The van der Waals surface area contributed by atoms with E-state index in [4.69, 9.17) is 0 Å². The number of hydrogen-bond acceptors (Lipinski definition) is 2. The molecule has 1 heterocycles. The number of nitrogens with zero attached hydrogens (tertiary/aromatic N) is 1. The van der Waals surface area contributed by atoms with E-state index in [1.807, 2.05) is 11.8 Å². The maximum Gasteiger partial charge on any atom is 0.146 e. The third-order valence-electron chi connectivity index (χ3n) is 2.92. The molecule has 86 valence electrons. The highest BCUT2D eigenvalue weighted by atomic mass is 79.9. The van der Waals surface area contributed by atoms with Gasteiger partial charge in [0.2, 0.25) is 0 Å². The number of carbonyl (C=O) groups excluding carboxylic acids is 1. The molecule has 0 aromatic heterocycles. The Morgan fingerprint density at radius 3 is 2.94 bits per heavy atom. The van der Waals surface area contributed by atoms with Crippen molar-refractivity contribution < 1.29 is 9.18 Å². The van der Waals surface area contributed by atoms with Gasteiger partial charge in [-0.2, -0.15) is 0 Å². The first kappa shape index (κ1) is 11.6. The topological polar surface area (TPSA) is 20.3 Å². The van der Waals surface area contributed by atoms with Gasteiger partial charge < -0.3 is 4.90 Å². The monoisotopic (exact) mass is 285 g/mol. The van der Waals surface area contributed by atoms with Gasteiger partial charge in [-0.3, -0.25) is 4.79 Å². The standard InChI is InChI=1S/C12H13BrFNO/c1-8-7-15(5-4-12(8)16)11-6-9(13)2-3-10(11)14/h2-3,6,8H,4-5,7H2,1H3. The molecule has 1 aliphatic rings. The summed E-state index contributed by atoms with van der Waals surface area (Å²) in [6.07, 6.45) is 0.507. The third kappa shape index (κ3) is 2.26. The molecule has 1 saturated heterocycles. The van der Waals surface area contributed by atoms with Crippen LogP contribution in [0.2, 0.25) is 0 Å². The lowest BCUT2D eigenvalue weighted by Gasteiger charge is -2.32. The van der Waals surface area contributed by atoms with Crippen LogP contribution in [0.5, 0.6) is 0 Å². The summed E-state index contributed by atoms with van der Waals surface area (Å²) in [5.74, 6) is 0.0311. The zero-order valence-electron chi connectivity index (χ0n) is 9.04. The van der Waals surface area contributed by atoms with Crippen LogP contribution in [0.15, 0.2) is 22.7 Å². The van der Waals surface area contributed by atoms with E-state index in [1.54, 1.807) is 12.1 Å². The summed E-state index contributed by atoms with van der Waals surface area (Å²) < 4.78 is 14.5. The van der Waals surface area contributed by atoms with Crippen molar-refractivity contribution in [2.24, 2.45) is 5.92 Å². The summed E-state index contributed by atoms with van der Waals surface area (Å²) in [7, 11) is 0. The summed E-state index contributed by atoms with van der Waals surface area (Å²) in [6.45, 7) is 3.10. The van der Waals surface area contributed by atoms with Gasteiger partial charge in [-0.15, -0.1) is 0 Å². The molecule has 2 rings (SSSR count). The number of carbonyl (C=O) groups is 1. The largest absolute Gasteiger partial charge is 0.368 e. The molecule has 1 aromatic rings. The molecule has 0 saturated carbocycles. The highest BCUT2D eigenvalue weighted by Gasteiger charge is 2.25. The fourth-order valence-corrected chi connectivity index (χ4v) is 2.31. The summed E-state index contributed by atoms with van der Waals surface area (Å²) >= 11 is 3.33. The predicted octanol–water partition coefficient (Wildman–Crippen LogP) is 3.00. The van der Waals surface area contributed by atoms with Crippen LogP contribution in [0.4, 0.5) is 10.1 Å². The van der Waals surface area contributed by atoms with E-state index in [9.17, 15) is 9.18 Å². The van der Waals surface area contributed by atoms with Crippen LogP contribution >= 0.6 is 15.9 Å². The number of benzene rings is 1. The van der Waals surface area contributed by atoms with E-state index in [2.05, 4.69) is 15.9 Å². The highest BCUT2D eigenvalue weighted by Crippen LogP contribution is 2.27. The lowest BCUT2D eigenvalue weighted by atomic mass is 9.98. The highest BCUT2D eigenvalue weighted by molar-refractivity contribution is 9.10. The quantitative estimate of drug-likeness (QED) is 0.791. The molecule has 1 aromatic carbocycles. The molecule has 0 spiro atoms. The lowest BCUT2D eigenvalue weighted by molar-refractivity contribution is -0.122. The number of ketones is 1. The molecule has 2 nitrogen and oxygen atoms in total. The van der Waals surface area contributed by atoms with E-state index < -0.39 is 0 Å². The van der Waals surface area contributed by atoms with Crippen LogP contribution in [0.1, 0.15) is 13.3 Å². The van der Waals surface area contributed by atoms with Gasteiger partial charge in [-0.05, 0) is 18.2 Å². The second kappa shape index (κ2) is 4.53. The summed E-state index contributed by atoms with van der Waals surface area (Å²) in [5.41, 5.74) is 0.578. The van der Waals surface area contributed by atoms with Crippen molar-refractivity contribution in [3.05, 3.63) is 28.5 Å². The molecule has 16 heavy (non-hydrogen) atoms. The Hall–Kier alpha value is -0.900. The van der Waals surface area contributed by atoms with Crippen molar-refractivity contribution in [1.29, 1.82) is 0 Å². The zero-order valence-corrected chi connectivity index (χ0v) is 10.6. The maximum atomic E-state index is 13.6. The van der Waals surface area contributed by atoms with E-state index in [0.717, 1.165) is 4.47 Å². The Morgan fingerprint density at radius 2 is 2.25 bits per heavy atom. The van der Waals surface area contributed by atoms with Crippen molar-refractivity contribution in [2.45, 2.75) is 13.3 Å². The molecule has 4 heteroatoms. The lowest BCUT2D eigenvalue weighted by Crippen LogP contribution is -2.40. The van der Waals surface area contributed by atoms with Crippen LogP contribution < -0.4 is 4.90 Å². The number of piperidine rings is 1. The van der Waals surface area contributed by atoms with Crippen LogP contribution in [0.3, 0.4) is 0 Å². The van der Waals surface area contributed by atoms with Crippen molar-refractivity contribution in [3.8, 4) is 0 Å². The molecule has 1 atom stereocenters. The predicted molar refractivity (Wildman–Crippen MR) is 65.1 cm³/mol. The average Bonchev–Trinajstić information content (AvgIpc) is 2.26. The van der Waals surface area contributed by atoms with Crippen molar-refractivity contribution >= 4 is 27.4 Å². The van der Waals surface area contributed by atoms with Crippen molar-refractivity contribution in [2.75, 3.05) is 18.0 Å².